The quantitative estimate of drug-likeness (QED) is 0.440. The van der Waals surface area contributed by atoms with Crippen LogP contribution in [0.1, 0.15) is 92.4 Å². The van der Waals surface area contributed by atoms with Crippen molar-refractivity contribution in [3.05, 3.63) is 0 Å². The van der Waals surface area contributed by atoms with Gasteiger partial charge in [0.2, 0.25) is 0 Å². The van der Waals surface area contributed by atoms with E-state index in [-0.39, 0.29) is 34.9 Å². The second kappa shape index (κ2) is 8.48. The summed E-state index contributed by atoms with van der Waals surface area (Å²) in [6.45, 7) is 10.3. The maximum Gasteiger partial charge on any atom is 0.0616 e. The number of aliphatic hydroxyl groups excluding tert-OH is 4. The molecule has 0 aromatic heterocycles. The van der Waals surface area contributed by atoms with Crippen molar-refractivity contribution in [1.29, 1.82) is 0 Å². The Balaban J connectivity index is 1.55. The maximum atomic E-state index is 11.6. The number of fused-ring (bicyclic) bond motifs is 5. The molecule has 0 bridgehead atoms. The zero-order chi connectivity index (χ0) is 23.6. The van der Waals surface area contributed by atoms with Crippen molar-refractivity contribution in [1.82, 2.24) is 0 Å². The third kappa shape index (κ3) is 4.08. The van der Waals surface area contributed by atoms with E-state index < -0.39 is 17.8 Å². The molecule has 0 aromatic rings. The molecule has 0 saturated heterocycles. The first-order valence-corrected chi connectivity index (χ1v) is 13.2. The minimum Gasteiger partial charge on any atom is -0.393 e. The predicted octanol–water partition coefficient (Wildman–Crippen LogP) is 3.50. The van der Waals surface area contributed by atoms with Crippen molar-refractivity contribution in [2.75, 3.05) is 0 Å². The van der Waals surface area contributed by atoms with Gasteiger partial charge in [-0.1, -0.05) is 20.8 Å². The second-order valence-corrected chi connectivity index (χ2v) is 13.4. The molecule has 0 aromatic carbocycles. The molecule has 4 rings (SSSR count). The molecule has 0 aliphatic heterocycles. The van der Waals surface area contributed by atoms with Crippen molar-refractivity contribution in [2.24, 2.45) is 46.3 Å². The lowest BCUT2D eigenvalue weighted by atomic mass is 9.43. The van der Waals surface area contributed by atoms with E-state index in [1.807, 2.05) is 0 Å². The summed E-state index contributed by atoms with van der Waals surface area (Å²) in [5.41, 5.74) is -1.03. The molecule has 5 heteroatoms. The molecule has 186 valence electrons. The Labute approximate surface area is 194 Å². The van der Waals surface area contributed by atoms with Gasteiger partial charge >= 0.3 is 0 Å². The summed E-state index contributed by atoms with van der Waals surface area (Å²) < 4.78 is 0. The average molecular weight is 453 g/mol. The van der Waals surface area contributed by atoms with E-state index >= 15 is 0 Å². The first-order chi connectivity index (χ1) is 14.8. The lowest BCUT2D eigenvalue weighted by Crippen LogP contribution is -2.62. The SMILES string of the molecule is C[C@H](C[C@H](O)CC(C)(C)O)[C@H]1CC[C@H]2[C@@H]3[C@H](O)C[C@H]4C[C@H](O)CC[C@]4(C)[C@H]3C[C@H](O)[C@]12C. The first kappa shape index (κ1) is 24.9. The molecular formula is C27H48O5. The van der Waals surface area contributed by atoms with Crippen molar-refractivity contribution in [3.8, 4) is 0 Å². The van der Waals surface area contributed by atoms with Crippen LogP contribution in [0, 0.1) is 46.3 Å². The van der Waals surface area contributed by atoms with Gasteiger partial charge in [-0.3, -0.25) is 0 Å². The van der Waals surface area contributed by atoms with Crippen LogP contribution in [0.3, 0.4) is 0 Å². The van der Waals surface area contributed by atoms with Crippen molar-refractivity contribution in [2.45, 2.75) is 122 Å². The van der Waals surface area contributed by atoms with Gasteiger partial charge in [-0.05, 0) is 112 Å². The molecule has 0 spiro atoms. The monoisotopic (exact) mass is 452 g/mol. The van der Waals surface area contributed by atoms with Crippen molar-refractivity contribution >= 4 is 0 Å². The normalized spacial score (nSPS) is 50.8. The van der Waals surface area contributed by atoms with Crippen LogP contribution in [0.2, 0.25) is 0 Å². The van der Waals surface area contributed by atoms with Crippen LogP contribution in [0.5, 0.6) is 0 Å². The summed E-state index contributed by atoms with van der Waals surface area (Å²) in [6, 6.07) is 0. The Hall–Kier alpha value is -0.200. The van der Waals surface area contributed by atoms with Crippen LogP contribution in [-0.4, -0.2) is 55.5 Å². The number of aliphatic hydroxyl groups is 5. The summed E-state index contributed by atoms with van der Waals surface area (Å²) in [7, 11) is 0. The second-order valence-electron chi connectivity index (χ2n) is 13.4. The van der Waals surface area contributed by atoms with Gasteiger partial charge in [0.25, 0.3) is 0 Å². The fourth-order valence-electron chi connectivity index (χ4n) is 9.39. The van der Waals surface area contributed by atoms with Crippen LogP contribution in [-0.2, 0) is 0 Å². The highest BCUT2D eigenvalue weighted by atomic mass is 16.3. The van der Waals surface area contributed by atoms with Crippen molar-refractivity contribution in [3.63, 3.8) is 0 Å². The summed E-state index contributed by atoms with van der Waals surface area (Å²) >= 11 is 0. The minimum atomic E-state index is -0.884. The molecule has 32 heavy (non-hydrogen) atoms. The highest BCUT2D eigenvalue weighted by molar-refractivity contribution is 5.14. The number of hydrogen-bond acceptors (Lipinski definition) is 5. The lowest BCUT2D eigenvalue weighted by Gasteiger charge is -2.63. The van der Waals surface area contributed by atoms with Gasteiger partial charge in [0, 0.05) is 6.42 Å². The van der Waals surface area contributed by atoms with E-state index in [0.29, 0.717) is 36.5 Å². The molecule has 5 nitrogen and oxygen atoms in total. The van der Waals surface area contributed by atoms with Gasteiger partial charge in [0.15, 0.2) is 0 Å². The van der Waals surface area contributed by atoms with Gasteiger partial charge in [-0.15, -0.1) is 0 Å². The maximum absolute atomic E-state index is 11.6. The minimum absolute atomic E-state index is 0.0953. The zero-order valence-corrected chi connectivity index (χ0v) is 20.9. The van der Waals surface area contributed by atoms with Gasteiger partial charge in [-0.25, -0.2) is 0 Å². The fourth-order valence-corrected chi connectivity index (χ4v) is 9.39. The summed E-state index contributed by atoms with van der Waals surface area (Å²) in [5.74, 6) is 1.74. The number of hydrogen-bond donors (Lipinski definition) is 5. The van der Waals surface area contributed by atoms with E-state index in [2.05, 4.69) is 20.8 Å². The first-order valence-electron chi connectivity index (χ1n) is 13.2. The van der Waals surface area contributed by atoms with Crippen LogP contribution < -0.4 is 0 Å². The highest BCUT2D eigenvalue weighted by Crippen LogP contribution is 2.68. The molecule has 0 heterocycles. The molecule has 12 atom stereocenters. The third-order valence-electron chi connectivity index (χ3n) is 10.9. The Morgan fingerprint density at radius 3 is 2.31 bits per heavy atom. The topological polar surface area (TPSA) is 101 Å². The zero-order valence-electron chi connectivity index (χ0n) is 20.9. The molecule has 4 aliphatic carbocycles. The Bertz CT molecular complexity index is 675. The summed E-state index contributed by atoms with van der Waals surface area (Å²) in [6.07, 6.45) is 5.66. The Morgan fingerprint density at radius 1 is 0.969 bits per heavy atom. The summed E-state index contributed by atoms with van der Waals surface area (Å²) in [4.78, 5) is 0. The van der Waals surface area contributed by atoms with Crippen LogP contribution in [0.15, 0.2) is 0 Å². The van der Waals surface area contributed by atoms with Crippen LogP contribution in [0.25, 0.3) is 0 Å². The molecule has 4 saturated carbocycles. The molecule has 5 N–H and O–H groups in total. The molecule has 0 radical (unpaired) electrons. The molecule has 0 amide bonds. The lowest BCUT2D eigenvalue weighted by molar-refractivity contribution is -0.207. The standard InChI is InChI=1S/C27H48O5/c1-15(10-18(29)14-25(2,3)32)19-6-7-20-24-21(13-23(31)27(19,20)5)26(4)9-8-17(28)11-16(26)12-22(24)30/h15-24,28-32H,6-14H2,1-5H3/t15-,16-,17-,18+,19-,20+,21+,22-,23+,24+,26+,27-/m1/s1. The average Bonchev–Trinajstić information content (AvgIpc) is 3.01. The molecule has 0 unspecified atom stereocenters. The van der Waals surface area contributed by atoms with E-state index in [0.717, 1.165) is 44.9 Å². The summed E-state index contributed by atoms with van der Waals surface area (Å²) in [5, 5.41) is 53.9. The highest BCUT2D eigenvalue weighted by Gasteiger charge is 2.65. The predicted molar refractivity (Wildman–Crippen MR) is 125 cm³/mol. The third-order valence-corrected chi connectivity index (χ3v) is 10.9. The van der Waals surface area contributed by atoms with Crippen LogP contribution in [0.4, 0.5) is 0 Å². The van der Waals surface area contributed by atoms with E-state index in [9.17, 15) is 25.5 Å². The van der Waals surface area contributed by atoms with Gasteiger partial charge in [-0.2, -0.15) is 0 Å². The number of rotatable bonds is 5. The molecule has 4 fully saturated rings. The Morgan fingerprint density at radius 2 is 1.66 bits per heavy atom. The Kier molecular flexibility index (Phi) is 6.60. The van der Waals surface area contributed by atoms with Gasteiger partial charge in [0.05, 0.1) is 30.0 Å². The van der Waals surface area contributed by atoms with Gasteiger partial charge in [0.1, 0.15) is 0 Å². The van der Waals surface area contributed by atoms with E-state index in [1.54, 1.807) is 13.8 Å². The van der Waals surface area contributed by atoms with Crippen LogP contribution >= 0.6 is 0 Å². The largest absolute Gasteiger partial charge is 0.393 e. The smallest absolute Gasteiger partial charge is 0.0616 e. The molecular weight excluding hydrogens is 404 g/mol. The van der Waals surface area contributed by atoms with E-state index in [4.69, 9.17) is 0 Å². The fraction of sp³-hybridized carbons (Fsp3) is 1.00. The van der Waals surface area contributed by atoms with Crippen molar-refractivity contribution < 1.29 is 25.5 Å². The van der Waals surface area contributed by atoms with Gasteiger partial charge < -0.3 is 25.5 Å². The molecule has 4 aliphatic rings. The van der Waals surface area contributed by atoms with E-state index in [1.165, 1.54) is 0 Å².